The van der Waals surface area contributed by atoms with Gasteiger partial charge in [0.1, 0.15) is 17.9 Å². The second kappa shape index (κ2) is 14.5. The molecule has 0 aromatic heterocycles. The van der Waals surface area contributed by atoms with Crippen molar-refractivity contribution < 1.29 is 29.4 Å². The van der Waals surface area contributed by atoms with Crippen molar-refractivity contribution in [2.24, 2.45) is 29.1 Å². The first-order chi connectivity index (χ1) is 24.9. The van der Waals surface area contributed by atoms with Crippen LogP contribution in [-0.2, 0) is 16.2 Å². The van der Waals surface area contributed by atoms with E-state index in [2.05, 4.69) is 43.5 Å². The van der Waals surface area contributed by atoms with Crippen LogP contribution in [0.1, 0.15) is 67.4 Å². The number of methoxy groups -OCH3 is 1. The number of carbonyl (C=O) groups excluding carboxylic acids is 2. The molecular weight excluding hydrogens is 656 g/mol. The second-order valence-corrected chi connectivity index (χ2v) is 16.3. The van der Waals surface area contributed by atoms with Gasteiger partial charge in [0.05, 0.1) is 26.9 Å². The van der Waals surface area contributed by atoms with Crippen molar-refractivity contribution in [1.29, 1.82) is 0 Å². The van der Waals surface area contributed by atoms with E-state index in [0.29, 0.717) is 40.4 Å². The fourth-order valence-electron chi connectivity index (χ4n) is 9.37. The fourth-order valence-corrected chi connectivity index (χ4v) is 9.37. The zero-order valence-corrected chi connectivity index (χ0v) is 31.2. The van der Waals surface area contributed by atoms with Gasteiger partial charge in [-0.25, -0.2) is 0 Å². The lowest BCUT2D eigenvalue weighted by molar-refractivity contribution is -0.183. The van der Waals surface area contributed by atoms with E-state index in [1.807, 2.05) is 73.6 Å². The van der Waals surface area contributed by atoms with Crippen molar-refractivity contribution >= 4 is 17.5 Å². The highest BCUT2D eigenvalue weighted by Crippen LogP contribution is 2.61. The molecule has 1 aliphatic heterocycles. The quantitative estimate of drug-likeness (QED) is 0.208. The molecule has 3 aromatic rings. The first-order valence-electron chi connectivity index (χ1n) is 18.7. The van der Waals surface area contributed by atoms with Crippen LogP contribution in [0.3, 0.4) is 0 Å². The number of rotatable bonds is 12. The Morgan fingerprint density at radius 1 is 0.962 bits per heavy atom. The Morgan fingerprint density at radius 3 is 2.38 bits per heavy atom. The molecule has 4 saturated carbocycles. The zero-order valence-electron chi connectivity index (χ0n) is 31.2. The molecule has 52 heavy (non-hydrogen) atoms. The molecule has 0 radical (unpaired) electrons. The van der Waals surface area contributed by atoms with Crippen molar-refractivity contribution in [3.8, 4) is 16.9 Å². The molecule has 1 unspecified atom stereocenters. The molecule has 8 rings (SSSR count). The van der Waals surface area contributed by atoms with Gasteiger partial charge < -0.3 is 30.5 Å². The van der Waals surface area contributed by atoms with Gasteiger partial charge in [-0.2, -0.15) is 5.06 Å². The van der Waals surface area contributed by atoms with E-state index in [0.717, 1.165) is 35.2 Å². The van der Waals surface area contributed by atoms with Crippen LogP contribution in [0.4, 0.5) is 5.69 Å². The number of hydroxylamine groups is 2. The lowest BCUT2D eigenvalue weighted by Gasteiger charge is -2.62. The number of carbonyl (C=O) groups is 2. The second-order valence-electron chi connectivity index (χ2n) is 16.3. The van der Waals surface area contributed by atoms with Gasteiger partial charge in [-0.3, -0.25) is 14.4 Å². The number of para-hydroxylation sites is 1. The number of ether oxygens (including phenoxy) is 1. The van der Waals surface area contributed by atoms with E-state index in [4.69, 9.17) is 9.57 Å². The van der Waals surface area contributed by atoms with Gasteiger partial charge >= 0.3 is 0 Å². The van der Waals surface area contributed by atoms with Gasteiger partial charge in [0, 0.05) is 60.4 Å². The third-order valence-electron chi connectivity index (χ3n) is 12.8. The average molecular weight is 711 g/mol. The number of aliphatic hydroxyl groups is 2. The van der Waals surface area contributed by atoms with E-state index in [-0.39, 0.29) is 43.7 Å². The highest BCUT2D eigenvalue weighted by molar-refractivity contribution is 5.97. The minimum Gasteiger partial charge on any atom is -0.496 e. The molecule has 5 fully saturated rings. The van der Waals surface area contributed by atoms with Crippen molar-refractivity contribution in [3.05, 3.63) is 83.4 Å². The number of nitrogens with zero attached hydrogens (tertiary/aromatic N) is 2. The molecule has 278 valence electrons. The molecule has 5 aliphatic rings. The van der Waals surface area contributed by atoms with Gasteiger partial charge in [0.25, 0.3) is 5.91 Å². The number of aliphatic hydroxyl groups excluding tert-OH is 2. The lowest BCUT2D eigenvalue weighted by atomic mass is 9.45. The Kier molecular flexibility index (Phi) is 10.1. The summed E-state index contributed by atoms with van der Waals surface area (Å²) in [6, 6.07) is 21.3. The SMILES string of the molecule is COc1c(CN2O[C@@H](CO)[C@@H](CO)[C@H]2C(=O)N[C@H]2C[C@H]3C[C@@H]([C@@H]2C)C3(C)C)cccc1-c1cc(C(=O)N[C@H]2CC2c2ccccc2)cc(N(C)C)c1. The number of amides is 2. The van der Waals surface area contributed by atoms with Gasteiger partial charge in [0.2, 0.25) is 5.91 Å². The molecule has 3 aromatic carbocycles. The smallest absolute Gasteiger partial charge is 0.251 e. The molecule has 1 saturated heterocycles. The maximum atomic E-state index is 14.1. The zero-order chi connectivity index (χ0) is 36.9. The summed E-state index contributed by atoms with van der Waals surface area (Å²) in [5.74, 6) is 1.48. The lowest BCUT2D eigenvalue weighted by Crippen LogP contribution is -2.62. The third kappa shape index (κ3) is 6.70. The van der Waals surface area contributed by atoms with E-state index >= 15 is 0 Å². The van der Waals surface area contributed by atoms with Gasteiger partial charge in [-0.05, 0) is 71.8 Å². The van der Waals surface area contributed by atoms with Crippen molar-refractivity contribution in [2.75, 3.05) is 39.3 Å². The summed E-state index contributed by atoms with van der Waals surface area (Å²) in [4.78, 5) is 35.9. The van der Waals surface area contributed by atoms with E-state index in [1.54, 1.807) is 12.2 Å². The Bertz CT molecular complexity index is 1780. The highest BCUT2D eigenvalue weighted by Gasteiger charge is 2.57. The van der Waals surface area contributed by atoms with Gasteiger partial charge in [-0.1, -0.05) is 69.3 Å². The number of hydrogen-bond acceptors (Lipinski definition) is 8. The maximum Gasteiger partial charge on any atom is 0.251 e. The normalized spacial score (nSPS) is 30.3. The monoisotopic (exact) mass is 710 g/mol. The molecule has 10 nitrogen and oxygen atoms in total. The summed E-state index contributed by atoms with van der Waals surface area (Å²) in [6.45, 7) is 6.47. The minimum absolute atomic E-state index is 0.0519. The molecule has 9 atom stereocenters. The summed E-state index contributed by atoms with van der Waals surface area (Å²) < 4.78 is 6.06. The third-order valence-corrected chi connectivity index (χ3v) is 12.8. The molecule has 1 heterocycles. The number of fused-ring (bicyclic) bond motifs is 2. The van der Waals surface area contributed by atoms with E-state index in [9.17, 15) is 19.8 Å². The topological polar surface area (TPSA) is 124 Å². The van der Waals surface area contributed by atoms with E-state index < -0.39 is 18.1 Å². The molecule has 4 aliphatic carbocycles. The summed E-state index contributed by atoms with van der Waals surface area (Å²) >= 11 is 0. The van der Waals surface area contributed by atoms with Crippen LogP contribution in [-0.4, -0.2) is 85.7 Å². The predicted octanol–water partition coefficient (Wildman–Crippen LogP) is 4.99. The van der Waals surface area contributed by atoms with Crippen LogP contribution in [0, 0.1) is 29.1 Å². The Morgan fingerprint density at radius 2 is 1.73 bits per heavy atom. The van der Waals surface area contributed by atoms with Crippen LogP contribution in [0.2, 0.25) is 0 Å². The Labute approximate surface area is 307 Å². The Balaban J connectivity index is 1.13. The van der Waals surface area contributed by atoms with E-state index in [1.165, 1.54) is 12.0 Å². The Hall–Kier alpha value is -3.96. The first kappa shape index (κ1) is 36.4. The fraction of sp³-hybridized carbons (Fsp3) is 0.524. The van der Waals surface area contributed by atoms with Crippen molar-refractivity contribution in [1.82, 2.24) is 15.7 Å². The molecular formula is C42H54N4O6. The first-order valence-corrected chi connectivity index (χ1v) is 18.7. The van der Waals surface area contributed by atoms with Gasteiger partial charge in [-0.15, -0.1) is 0 Å². The summed E-state index contributed by atoms with van der Waals surface area (Å²) in [5.41, 5.74) is 5.34. The van der Waals surface area contributed by atoms with Crippen LogP contribution in [0.15, 0.2) is 66.7 Å². The standard InChI is InChI=1S/C42H54N4O6/c1-24-34-18-29(42(34,2)3)19-35(24)43-41(50)38-33(22-47)37(23-48)52-46(38)21-26-13-10-14-31(39(26)51-6)27-15-28(17-30(16-27)45(4)5)40(49)44-36-20-32(36)25-11-8-7-9-12-25/h7-17,24,29,32-38,47-48H,18-23H2,1-6H3,(H,43,50)(H,44,49)/t24-,29+,32?,33+,34-,35-,36-,37-,38-/m0/s1. The molecule has 2 amide bonds. The number of nitrogens with one attached hydrogen (secondary N) is 2. The van der Waals surface area contributed by atoms with Gasteiger partial charge in [0.15, 0.2) is 0 Å². The number of hydrogen-bond donors (Lipinski definition) is 4. The molecule has 4 N–H and O–H groups in total. The summed E-state index contributed by atoms with van der Waals surface area (Å²) in [6.07, 6.45) is 2.33. The van der Waals surface area contributed by atoms with Crippen LogP contribution < -0.4 is 20.3 Å². The largest absolute Gasteiger partial charge is 0.496 e. The maximum absolute atomic E-state index is 14.1. The number of anilines is 1. The van der Waals surface area contributed by atoms with Crippen molar-refractivity contribution in [2.45, 2.75) is 76.7 Å². The molecule has 10 heteroatoms. The predicted molar refractivity (Wildman–Crippen MR) is 201 cm³/mol. The van der Waals surface area contributed by atoms with Crippen LogP contribution in [0.5, 0.6) is 5.75 Å². The summed E-state index contributed by atoms with van der Waals surface area (Å²) in [5, 5.41) is 28.9. The molecule has 0 spiro atoms. The number of benzene rings is 3. The minimum atomic E-state index is -0.802. The summed E-state index contributed by atoms with van der Waals surface area (Å²) in [7, 11) is 5.51. The van der Waals surface area contributed by atoms with Crippen LogP contribution in [0.25, 0.3) is 11.1 Å². The molecule has 2 bridgehead atoms. The highest BCUT2D eigenvalue weighted by atomic mass is 16.7. The average Bonchev–Trinajstić information content (AvgIpc) is 3.82. The van der Waals surface area contributed by atoms with Crippen molar-refractivity contribution in [3.63, 3.8) is 0 Å². The van der Waals surface area contributed by atoms with Crippen LogP contribution >= 0.6 is 0 Å².